The maximum absolute atomic E-state index is 14.6. The van der Waals surface area contributed by atoms with E-state index in [0.29, 0.717) is 43.4 Å². The first-order chi connectivity index (χ1) is 24.2. The van der Waals surface area contributed by atoms with Crippen molar-refractivity contribution < 1.29 is 14.4 Å². The van der Waals surface area contributed by atoms with E-state index in [1.807, 2.05) is 102 Å². The number of hydrogen-bond donors (Lipinski definition) is 2. The SMILES string of the molecule is CN(C)C[C@@H]1Cc2cc(Cl)ccc2N(C(=O)[C@@H](Cc2c[nH]c3ccccc23)NC(=O)CCC2CCN(C(=O)c3scc4ccccc34)CC2)C1. The van der Waals surface area contributed by atoms with Crippen molar-refractivity contribution in [1.29, 1.82) is 0 Å². The maximum atomic E-state index is 14.6. The summed E-state index contributed by atoms with van der Waals surface area (Å²) in [5.74, 6) is 0.452. The molecule has 3 aromatic carbocycles. The Kier molecular flexibility index (Phi) is 10.3. The number of H-pyrrole nitrogens is 1. The van der Waals surface area contributed by atoms with E-state index in [-0.39, 0.29) is 23.6 Å². The third-order valence-electron chi connectivity index (χ3n) is 10.3. The lowest BCUT2D eigenvalue weighted by Gasteiger charge is -2.37. The summed E-state index contributed by atoms with van der Waals surface area (Å²) in [5.41, 5.74) is 3.91. The summed E-state index contributed by atoms with van der Waals surface area (Å²) in [4.78, 5) is 51.7. The van der Waals surface area contributed by atoms with Crippen LogP contribution in [-0.4, -0.2) is 78.8 Å². The second-order valence-corrected chi connectivity index (χ2v) is 15.5. The number of fused-ring (bicyclic) bond motifs is 3. The van der Waals surface area contributed by atoms with Gasteiger partial charge < -0.3 is 25.0 Å². The molecule has 2 aromatic heterocycles. The molecule has 2 aliphatic heterocycles. The zero-order valence-electron chi connectivity index (χ0n) is 28.7. The number of hydrogen-bond acceptors (Lipinski definition) is 5. The summed E-state index contributed by atoms with van der Waals surface area (Å²) in [6, 6.07) is 21.1. The van der Waals surface area contributed by atoms with Crippen LogP contribution in [0.5, 0.6) is 0 Å². The number of anilines is 1. The first-order valence-electron chi connectivity index (χ1n) is 17.6. The van der Waals surface area contributed by atoms with Crippen LogP contribution in [0.3, 0.4) is 0 Å². The molecule has 0 spiro atoms. The summed E-state index contributed by atoms with van der Waals surface area (Å²) >= 11 is 7.93. The van der Waals surface area contributed by atoms with E-state index in [1.165, 1.54) is 11.3 Å². The summed E-state index contributed by atoms with van der Waals surface area (Å²) in [7, 11) is 4.10. The normalized spacial score (nSPS) is 17.3. The lowest BCUT2D eigenvalue weighted by molar-refractivity contribution is -0.127. The first kappa shape index (κ1) is 34.3. The molecule has 2 atom stereocenters. The number of aromatic amines is 1. The van der Waals surface area contributed by atoms with E-state index in [2.05, 4.69) is 15.2 Å². The smallest absolute Gasteiger partial charge is 0.264 e. The minimum absolute atomic E-state index is 0.0976. The van der Waals surface area contributed by atoms with Gasteiger partial charge in [-0.1, -0.05) is 54.1 Å². The second-order valence-electron chi connectivity index (χ2n) is 14.2. The Bertz CT molecular complexity index is 2010. The zero-order valence-corrected chi connectivity index (χ0v) is 30.2. The highest BCUT2D eigenvalue weighted by atomic mass is 35.5. The molecule has 2 N–H and O–H groups in total. The number of carbonyl (C=O) groups excluding carboxylic acids is 3. The average molecular weight is 710 g/mol. The Morgan fingerprint density at radius 1 is 1.00 bits per heavy atom. The molecule has 0 unspecified atom stereocenters. The zero-order chi connectivity index (χ0) is 34.8. The van der Waals surface area contributed by atoms with Crippen molar-refractivity contribution in [3.8, 4) is 0 Å². The van der Waals surface area contributed by atoms with Crippen molar-refractivity contribution in [2.45, 2.75) is 44.6 Å². The fourth-order valence-electron chi connectivity index (χ4n) is 7.80. The van der Waals surface area contributed by atoms with Crippen LogP contribution in [0.4, 0.5) is 5.69 Å². The van der Waals surface area contributed by atoms with Gasteiger partial charge in [-0.3, -0.25) is 14.4 Å². The Morgan fingerprint density at radius 2 is 1.76 bits per heavy atom. The number of nitrogens with one attached hydrogen (secondary N) is 2. The van der Waals surface area contributed by atoms with Crippen LogP contribution in [0.25, 0.3) is 21.7 Å². The molecule has 260 valence electrons. The number of amides is 3. The number of para-hydroxylation sites is 1. The number of likely N-dealkylation sites (tertiary alicyclic amines) is 1. The summed E-state index contributed by atoms with van der Waals surface area (Å²) in [5, 5.41) is 9.04. The van der Waals surface area contributed by atoms with Gasteiger partial charge in [0.1, 0.15) is 6.04 Å². The van der Waals surface area contributed by atoms with Gasteiger partial charge in [-0.05, 0) is 97.8 Å². The monoisotopic (exact) mass is 709 g/mol. The van der Waals surface area contributed by atoms with E-state index in [4.69, 9.17) is 11.6 Å². The van der Waals surface area contributed by atoms with Crippen LogP contribution in [0.1, 0.15) is 46.5 Å². The molecule has 0 aliphatic carbocycles. The third-order valence-corrected chi connectivity index (χ3v) is 11.5. The number of thiophene rings is 1. The van der Waals surface area contributed by atoms with Gasteiger partial charge in [-0.15, -0.1) is 11.3 Å². The molecule has 1 saturated heterocycles. The minimum atomic E-state index is -0.733. The van der Waals surface area contributed by atoms with Gasteiger partial charge in [0.15, 0.2) is 0 Å². The number of rotatable bonds is 10. The summed E-state index contributed by atoms with van der Waals surface area (Å²) < 4.78 is 0. The fourth-order valence-corrected chi connectivity index (χ4v) is 8.98. The predicted molar refractivity (Wildman–Crippen MR) is 203 cm³/mol. The van der Waals surface area contributed by atoms with Crippen LogP contribution in [-0.2, 0) is 22.4 Å². The van der Waals surface area contributed by atoms with Crippen molar-refractivity contribution in [3.63, 3.8) is 0 Å². The van der Waals surface area contributed by atoms with E-state index in [0.717, 1.165) is 75.6 Å². The van der Waals surface area contributed by atoms with Crippen molar-refractivity contribution in [2.75, 3.05) is 45.2 Å². The molecule has 0 bridgehead atoms. The highest BCUT2D eigenvalue weighted by Crippen LogP contribution is 2.34. The van der Waals surface area contributed by atoms with Crippen LogP contribution < -0.4 is 10.2 Å². The Balaban J connectivity index is 1.03. The molecule has 5 aromatic rings. The molecule has 7 rings (SSSR count). The van der Waals surface area contributed by atoms with Gasteiger partial charge in [-0.2, -0.15) is 0 Å². The lowest BCUT2D eigenvalue weighted by atomic mass is 9.90. The van der Waals surface area contributed by atoms with Gasteiger partial charge in [0.05, 0.1) is 4.88 Å². The maximum Gasteiger partial charge on any atom is 0.264 e. The molecule has 4 heterocycles. The van der Waals surface area contributed by atoms with Crippen LogP contribution in [0.15, 0.2) is 78.3 Å². The number of piperidine rings is 1. The van der Waals surface area contributed by atoms with Gasteiger partial charge in [0.2, 0.25) is 11.8 Å². The highest BCUT2D eigenvalue weighted by molar-refractivity contribution is 7.13. The van der Waals surface area contributed by atoms with Crippen LogP contribution >= 0.6 is 22.9 Å². The lowest BCUT2D eigenvalue weighted by Crippen LogP contribution is -2.53. The molecule has 2 aliphatic rings. The molecular formula is C40H44ClN5O3S. The molecule has 50 heavy (non-hydrogen) atoms. The van der Waals surface area contributed by atoms with Gasteiger partial charge in [0.25, 0.3) is 5.91 Å². The number of nitrogens with zero attached hydrogens (tertiary/aromatic N) is 3. The average Bonchev–Trinajstić information content (AvgIpc) is 3.74. The number of carbonyl (C=O) groups is 3. The van der Waals surface area contributed by atoms with Crippen LogP contribution in [0, 0.1) is 11.8 Å². The number of halogens is 1. The molecule has 10 heteroatoms. The van der Waals surface area contributed by atoms with Crippen molar-refractivity contribution >= 4 is 68.0 Å². The van der Waals surface area contributed by atoms with Crippen molar-refractivity contribution in [1.82, 2.24) is 20.1 Å². The number of aromatic nitrogens is 1. The van der Waals surface area contributed by atoms with Crippen molar-refractivity contribution in [3.05, 3.63) is 99.3 Å². The molecular weight excluding hydrogens is 666 g/mol. The highest BCUT2D eigenvalue weighted by Gasteiger charge is 2.34. The Hall–Kier alpha value is -4.18. The molecule has 0 radical (unpaired) electrons. The minimum Gasteiger partial charge on any atom is -0.361 e. The largest absolute Gasteiger partial charge is 0.361 e. The van der Waals surface area contributed by atoms with Gasteiger partial charge in [0, 0.05) is 72.2 Å². The molecule has 8 nitrogen and oxygen atoms in total. The summed E-state index contributed by atoms with van der Waals surface area (Å²) in [6.07, 6.45) is 5.95. The van der Waals surface area contributed by atoms with Gasteiger partial charge >= 0.3 is 0 Å². The van der Waals surface area contributed by atoms with Crippen LogP contribution in [0.2, 0.25) is 5.02 Å². The Labute approximate surface area is 302 Å². The summed E-state index contributed by atoms with van der Waals surface area (Å²) in [6.45, 7) is 2.78. The third kappa shape index (κ3) is 7.45. The topological polar surface area (TPSA) is 88.8 Å². The number of benzene rings is 3. The standard InChI is InChI=1S/C40H44ClN5O3S/c1-44(2)23-27-19-29-20-31(41)12-13-36(29)46(24-27)39(48)35(21-30-22-42-34-10-6-5-8-32(30)34)43-37(47)14-11-26-15-17-45(18-16-26)40(49)38-33-9-4-3-7-28(33)25-50-38/h3-10,12-13,20,22,25-27,35,42H,11,14-19,21,23-24H2,1-2H3,(H,43,47)/t27-,35+/m0/s1. The molecule has 3 amide bonds. The van der Waals surface area contributed by atoms with E-state index >= 15 is 0 Å². The molecule has 1 fully saturated rings. The van der Waals surface area contributed by atoms with E-state index in [9.17, 15) is 14.4 Å². The van der Waals surface area contributed by atoms with Gasteiger partial charge in [-0.25, -0.2) is 0 Å². The quantitative estimate of drug-likeness (QED) is 0.161. The van der Waals surface area contributed by atoms with E-state index in [1.54, 1.807) is 0 Å². The Morgan fingerprint density at radius 3 is 2.56 bits per heavy atom. The fraction of sp³-hybridized carbons (Fsp3) is 0.375. The predicted octanol–water partition coefficient (Wildman–Crippen LogP) is 7.16. The van der Waals surface area contributed by atoms with E-state index < -0.39 is 6.04 Å². The second kappa shape index (κ2) is 15.0. The first-order valence-corrected chi connectivity index (χ1v) is 18.8. The van der Waals surface area contributed by atoms with Crippen molar-refractivity contribution in [2.24, 2.45) is 11.8 Å². The molecule has 0 saturated carbocycles.